The number of hydrogen-bond donors (Lipinski definition) is 1. The van der Waals surface area contributed by atoms with E-state index in [1.165, 1.54) is 5.69 Å². The summed E-state index contributed by atoms with van der Waals surface area (Å²) >= 11 is 0. The Kier molecular flexibility index (Phi) is 9.04. The molecule has 0 radical (unpaired) electrons. The SMILES string of the molecule is CCCCC(=O)N1Cc2cccn2CC(OCc2ccccn2)C1.O=C(O)C(F)(F)F. The number of carboxylic acid groups (broad SMARTS) is 1. The van der Waals surface area contributed by atoms with E-state index in [-0.39, 0.29) is 12.0 Å². The normalized spacial score (nSPS) is 16.0. The van der Waals surface area contributed by atoms with Crippen molar-refractivity contribution in [3.05, 3.63) is 54.1 Å². The van der Waals surface area contributed by atoms with Gasteiger partial charge in [0.2, 0.25) is 5.91 Å². The molecule has 3 rings (SSSR count). The van der Waals surface area contributed by atoms with E-state index in [1.807, 2.05) is 29.2 Å². The van der Waals surface area contributed by atoms with Gasteiger partial charge in [-0.05, 0) is 30.7 Å². The zero-order valence-electron chi connectivity index (χ0n) is 17.2. The van der Waals surface area contributed by atoms with Gasteiger partial charge in [-0.2, -0.15) is 13.2 Å². The molecule has 0 bridgehead atoms. The molecule has 1 aliphatic rings. The Morgan fingerprint density at radius 2 is 1.97 bits per heavy atom. The largest absolute Gasteiger partial charge is 0.490 e. The third-order valence-corrected chi connectivity index (χ3v) is 4.63. The molecule has 1 atom stereocenters. The van der Waals surface area contributed by atoms with Gasteiger partial charge in [-0.1, -0.05) is 19.4 Å². The number of hydrogen-bond acceptors (Lipinski definition) is 4. The van der Waals surface area contributed by atoms with Crippen molar-refractivity contribution in [2.24, 2.45) is 0 Å². The highest BCUT2D eigenvalue weighted by atomic mass is 19.4. The first-order valence-corrected chi connectivity index (χ1v) is 9.94. The summed E-state index contributed by atoms with van der Waals surface area (Å²) in [7, 11) is 0. The molecule has 7 nitrogen and oxygen atoms in total. The second kappa shape index (κ2) is 11.5. The zero-order chi connectivity index (χ0) is 22.9. The van der Waals surface area contributed by atoms with E-state index in [1.54, 1.807) is 6.20 Å². The second-order valence-electron chi connectivity index (χ2n) is 7.09. The molecule has 1 N–H and O–H groups in total. The average molecular weight is 441 g/mol. The fourth-order valence-electron chi connectivity index (χ4n) is 3.02. The van der Waals surface area contributed by atoms with Crippen molar-refractivity contribution in [1.29, 1.82) is 0 Å². The van der Waals surface area contributed by atoms with Gasteiger partial charge in [0.15, 0.2) is 0 Å². The maximum absolute atomic E-state index is 12.5. The lowest BCUT2D eigenvalue weighted by Gasteiger charge is -2.24. The molecule has 2 aromatic rings. The first kappa shape index (κ1) is 24.4. The Morgan fingerprint density at radius 3 is 2.58 bits per heavy atom. The molecule has 2 aromatic heterocycles. The number of fused-ring (bicyclic) bond motifs is 1. The second-order valence-corrected chi connectivity index (χ2v) is 7.09. The Balaban J connectivity index is 0.000000423. The van der Waals surface area contributed by atoms with Crippen LogP contribution in [0.1, 0.15) is 37.6 Å². The van der Waals surface area contributed by atoms with Crippen molar-refractivity contribution in [2.45, 2.75) is 58.2 Å². The standard InChI is InChI=1S/C19H25N3O2.C2HF3O2/c1-2-3-9-19(23)22-12-17-8-6-11-21(17)13-18(14-22)24-15-16-7-4-5-10-20-16;3-2(4,5)1(6)7/h4-8,10-11,18H,2-3,9,12-15H2,1H3;(H,6,7). The predicted octanol–water partition coefficient (Wildman–Crippen LogP) is 3.63. The quantitative estimate of drug-likeness (QED) is 0.740. The minimum absolute atomic E-state index is 0.0220. The predicted molar refractivity (Wildman–Crippen MR) is 106 cm³/mol. The van der Waals surface area contributed by atoms with Gasteiger partial charge in [-0.15, -0.1) is 0 Å². The van der Waals surface area contributed by atoms with Crippen molar-refractivity contribution in [2.75, 3.05) is 6.54 Å². The minimum atomic E-state index is -5.08. The number of rotatable bonds is 6. The van der Waals surface area contributed by atoms with Gasteiger partial charge in [-0.3, -0.25) is 9.78 Å². The molecule has 3 heterocycles. The van der Waals surface area contributed by atoms with Gasteiger partial charge in [0.25, 0.3) is 0 Å². The number of carbonyl (C=O) groups excluding carboxylic acids is 1. The van der Waals surface area contributed by atoms with E-state index in [4.69, 9.17) is 14.6 Å². The van der Waals surface area contributed by atoms with Gasteiger partial charge in [-0.25, -0.2) is 4.79 Å². The Morgan fingerprint density at radius 1 is 1.23 bits per heavy atom. The Hall–Kier alpha value is -2.88. The number of unbranched alkanes of at least 4 members (excludes halogenated alkanes) is 1. The van der Waals surface area contributed by atoms with E-state index >= 15 is 0 Å². The molecular formula is C21H26F3N3O4. The van der Waals surface area contributed by atoms with E-state index < -0.39 is 12.1 Å². The first-order valence-electron chi connectivity index (χ1n) is 9.94. The summed E-state index contributed by atoms with van der Waals surface area (Å²) in [5.74, 6) is -2.54. The average Bonchev–Trinajstić information content (AvgIpc) is 3.08. The summed E-state index contributed by atoms with van der Waals surface area (Å²) < 4.78 is 40.0. The number of halogens is 3. The lowest BCUT2D eigenvalue weighted by molar-refractivity contribution is -0.192. The number of aliphatic carboxylic acids is 1. The van der Waals surface area contributed by atoms with Crippen molar-refractivity contribution in [1.82, 2.24) is 14.5 Å². The van der Waals surface area contributed by atoms with Crippen LogP contribution in [0.4, 0.5) is 13.2 Å². The van der Waals surface area contributed by atoms with Crippen molar-refractivity contribution >= 4 is 11.9 Å². The monoisotopic (exact) mass is 441 g/mol. The van der Waals surface area contributed by atoms with Crippen LogP contribution in [0.25, 0.3) is 0 Å². The van der Waals surface area contributed by atoms with E-state index in [0.717, 1.165) is 25.1 Å². The number of carboxylic acids is 1. The lowest BCUT2D eigenvalue weighted by atomic mass is 10.2. The van der Waals surface area contributed by atoms with Crippen molar-refractivity contribution in [3.8, 4) is 0 Å². The third kappa shape index (κ3) is 8.05. The van der Waals surface area contributed by atoms with Crippen LogP contribution in [-0.4, -0.2) is 50.3 Å². The number of amides is 1. The van der Waals surface area contributed by atoms with Crippen LogP contribution >= 0.6 is 0 Å². The van der Waals surface area contributed by atoms with Crippen LogP contribution in [0.5, 0.6) is 0 Å². The van der Waals surface area contributed by atoms with Gasteiger partial charge >= 0.3 is 12.1 Å². The highest BCUT2D eigenvalue weighted by Gasteiger charge is 2.38. The molecular weight excluding hydrogens is 415 g/mol. The maximum Gasteiger partial charge on any atom is 0.490 e. The number of alkyl halides is 3. The molecule has 0 saturated heterocycles. The number of ether oxygens (including phenoxy) is 1. The van der Waals surface area contributed by atoms with Crippen molar-refractivity contribution in [3.63, 3.8) is 0 Å². The molecule has 170 valence electrons. The molecule has 1 unspecified atom stereocenters. The minimum Gasteiger partial charge on any atom is -0.475 e. The van der Waals surface area contributed by atoms with Crippen LogP contribution in [0.2, 0.25) is 0 Å². The van der Waals surface area contributed by atoms with E-state index in [0.29, 0.717) is 26.1 Å². The van der Waals surface area contributed by atoms with E-state index in [9.17, 15) is 18.0 Å². The first-order chi connectivity index (χ1) is 14.7. The zero-order valence-corrected chi connectivity index (χ0v) is 17.2. The molecule has 0 aromatic carbocycles. The van der Waals surface area contributed by atoms with Crippen LogP contribution in [0.3, 0.4) is 0 Å². The summed E-state index contributed by atoms with van der Waals surface area (Å²) in [6, 6.07) is 9.94. The number of pyridine rings is 1. The fraction of sp³-hybridized carbons (Fsp3) is 0.476. The Labute approximate surface area is 178 Å². The number of nitrogens with zero attached hydrogens (tertiary/aromatic N) is 3. The molecule has 0 aliphatic carbocycles. The topological polar surface area (TPSA) is 84.7 Å². The smallest absolute Gasteiger partial charge is 0.475 e. The Bertz CT molecular complexity index is 840. The molecule has 1 amide bonds. The van der Waals surface area contributed by atoms with Gasteiger partial charge < -0.3 is 19.3 Å². The van der Waals surface area contributed by atoms with Gasteiger partial charge in [0.05, 0.1) is 31.5 Å². The lowest BCUT2D eigenvalue weighted by Crippen LogP contribution is -2.37. The molecule has 31 heavy (non-hydrogen) atoms. The summed E-state index contributed by atoms with van der Waals surface area (Å²) in [4.78, 5) is 27.7. The number of carbonyl (C=O) groups is 2. The molecule has 1 aliphatic heterocycles. The van der Waals surface area contributed by atoms with Crippen LogP contribution in [0, 0.1) is 0 Å². The molecule has 10 heteroatoms. The van der Waals surface area contributed by atoms with Gasteiger partial charge in [0, 0.05) is 31.1 Å². The summed E-state index contributed by atoms with van der Waals surface area (Å²) in [6.07, 6.45) is 1.32. The molecule has 0 spiro atoms. The summed E-state index contributed by atoms with van der Waals surface area (Å²) in [5.41, 5.74) is 2.09. The van der Waals surface area contributed by atoms with Crippen LogP contribution in [-0.2, 0) is 34.0 Å². The summed E-state index contributed by atoms with van der Waals surface area (Å²) in [6.45, 7) is 4.65. The third-order valence-electron chi connectivity index (χ3n) is 4.63. The van der Waals surface area contributed by atoms with Gasteiger partial charge in [0.1, 0.15) is 0 Å². The number of aromatic nitrogens is 2. The fourth-order valence-corrected chi connectivity index (χ4v) is 3.02. The molecule has 0 saturated carbocycles. The van der Waals surface area contributed by atoms with Crippen LogP contribution in [0.15, 0.2) is 42.7 Å². The van der Waals surface area contributed by atoms with Crippen LogP contribution < -0.4 is 0 Å². The summed E-state index contributed by atoms with van der Waals surface area (Å²) in [5, 5.41) is 7.12. The highest BCUT2D eigenvalue weighted by molar-refractivity contribution is 5.76. The highest BCUT2D eigenvalue weighted by Crippen LogP contribution is 2.18. The maximum atomic E-state index is 12.5. The van der Waals surface area contributed by atoms with Crippen molar-refractivity contribution < 1.29 is 32.6 Å². The van der Waals surface area contributed by atoms with E-state index in [2.05, 4.69) is 28.7 Å². The molecule has 0 fully saturated rings.